The number of carbonyl (C=O) groups is 3. The van der Waals surface area contributed by atoms with Crippen LogP contribution in [0.2, 0.25) is 0 Å². The Labute approximate surface area is 175 Å². The maximum atomic E-state index is 12.8. The predicted octanol–water partition coefficient (Wildman–Crippen LogP) is 3.58. The van der Waals surface area contributed by atoms with Crippen LogP contribution in [0.25, 0.3) is 6.08 Å². The van der Waals surface area contributed by atoms with E-state index >= 15 is 0 Å². The fraction of sp³-hybridized carbons (Fsp3) is 0.0476. The van der Waals surface area contributed by atoms with E-state index in [9.17, 15) is 24.6 Å². The monoisotopic (exact) mass is 424 g/mol. The van der Waals surface area contributed by atoms with Crippen LogP contribution in [0.5, 0.6) is 5.75 Å². The molecular formula is C21H16N2O6S. The van der Waals surface area contributed by atoms with E-state index < -0.39 is 11.9 Å². The number of amidine groups is 1. The molecule has 0 aromatic heterocycles. The van der Waals surface area contributed by atoms with Crippen molar-refractivity contribution in [3.05, 3.63) is 76.7 Å². The van der Waals surface area contributed by atoms with Gasteiger partial charge in [0, 0.05) is 6.54 Å². The van der Waals surface area contributed by atoms with Crippen molar-refractivity contribution in [2.75, 3.05) is 6.54 Å². The Hall–Kier alpha value is -3.85. The summed E-state index contributed by atoms with van der Waals surface area (Å²) in [6.07, 6.45) is 3.12. The first-order valence-corrected chi connectivity index (χ1v) is 9.42. The number of amides is 1. The Morgan fingerprint density at radius 3 is 2.40 bits per heavy atom. The van der Waals surface area contributed by atoms with Crippen molar-refractivity contribution in [2.45, 2.75) is 0 Å². The number of carboxylic acid groups (broad SMARTS) is 2. The minimum atomic E-state index is -1.26. The van der Waals surface area contributed by atoms with E-state index in [2.05, 4.69) is 11.6 Å². The van der Waals surface area contributed by atoms with Crippen molar-refractivity contribution >= 4 is 46.5 Å². The normalized spacial score (nSPS) is 16.3. The maximum absolute atomic E-state index is 12.8. The van der Waals surface area contributed by atoms with Gasteiger partial charge in [0.05, 0.1) is 21.7 Å². The lowest BCUT2D eigenvalue weighted by molar-refractivity contribution is -0.121. The molecule has 3 rings (SSSR count). The summed E-state index contributed by atoms with van der Waals surface area (Å²) in [4.78, 5) is 41.3. The van der Waals surface area contributed by atoms with Crippen LogP contribution in [0.15, 0.2) is 65.0 Å². The van der Waals surface area contributed by atoms with Gasteiger partial charge in [-0.25, -0.2) is 14.6 Å². The predicted molar refractivity (Wildman–Crippen MR) is 113 cm³/mol. The van der Waals surface area contributed by atoms with Gasteiger partial charge >= 0.3 is 11.9 Å². The molecule has 2 aromatic rings. The molecule has 1 aliphatic heterocycles. The summed E-state index contributed by atoms with van der Waals surface area (Å²) >= 11 is 1.06. The van der Waals surface area contributed by atoms with E-state index in [-0.39, 0.29) is 40.2 Å². The summed E-state index contributed by atoms with van der Waals surface area (Å²) in [6, 6.07) is 9.79. The lowest BCUT2D eigenvalue weighted by Gasteiger charge is -2.13. The molecule has 152 valence electrons. The van der Waals surface area contributed by atoms with Crippen LogP contribution in [0.4, 0.5) is 5.69 Å². The van der Waals surface area contributed by atoms with Crippen molar-refractivity contribution in [1.29, 1.82) is 0 Å². The molecule has 3 N–H and O–H groups in total. The van der Waals surface area contributed by atoms with Crippen LogP contribution < -0.4 is 0 Å². The van der Waals surface area contributed by atoms with Crippen molar-refractivity contribution in [1.82, 2.24) is 4.90 Å². The van der Waals surface area contributed by atoms with Gasteiger partial charge in [-0.15, -0.1) is 6.58 Å². The van der Waals surface area contributed by atoms with Gasteiger partial charge in [0.25, 0.3) is 5.91 Å². The first-order chi connectivity index (χ1) is 14.3. The van der Waals surface area contributed by atoms with Crippen molar-refractivity contribution in [3.8, 4) is 5.75 Å². The number of phenols is 1. The number of hydrogen-bond acceptors (Lipinski definition) is 6. The molecule has 0 aliphatic carbocycles. The molecule has 1 fully saturated rings. The van der Waals surface area contributed by atoms with E-state index in [1.165, 1.54) is 35.2 Å². The summed E-state index contributed by atoms with van der Waals surface area (Å²) in [6.45, 7) is 3.80. The van der Waals surface area contributed by atoms with Crippen molar-refractivity contribution in [3.63, 3.8) is 0 Å². The van der Waals surface area contributed by atoms with Crippen LogP contribution in [0.3, 0.4) is 0 Å². The molecule has 2 aromatic carbocycles. The summed E-state index contributed by atoms with van der Waals surface area (Å²) < 4.78 is 0. The highest BCUT2D eigenvalue weighted by atomic mass is 32.2. The van der Waals surface area contributed by atoms with Gasteiger partial charge in [0.1, 0.15) is 5.75 Å². The quantitative estimate of drug-likeness (QED) is 0.478. The number of rotatable bonds is 6. The number of hydrogen-bond donors (Lipinski definition) is 3. The minimum Gasteiger partial charge on any atom is -0.508 e. The zero-order chi connectivity index (χ0) is 21.8. The maximum Gasteiger partial charge on any atom is 0.338 e. The van der Waals surface area contributed by atoms with E-state index in [1.54, 1.807) is 18.2 Å². The second-order valence-electron chi connectivity index (χ2n) is 6.14. The summed E-state index contributed by atoms with van der Waals surface area (Å²) in [5, 5.41) is 28.2. The van der Waals surface area contributed by atoms with Gasteiger partial charge in [0.2, 0.25) is 0 Å². The molecule has 0 atom stereocenters. The Morgan fingerprint density at radius 1 is 1.10 bits per heavy atom. The molecule has 1 amide bonds. The largest absolute Gasteiger partial charge is 0.508 e. The number of nitrogens with zero attached hydrogens (tertiary/aromatic N) is 2. The van der Waals surface area contributed by atoms with Gasteiger partial charge in [-0.1, -0.05) is 18.2 Å². The standard InChI is InChI=1S/C21H16N2O6S/c1-2-9-23-18(25)17(10-12-3-5-13(6-4-12)19(26)27)30-21(23)22-16-8-7-14(24)11-15(16)20(28)29/h2-8,10-11,24H,1,9H2,(H,26,27)(H,28,29)/b17-10-,22-21?. The fourth-order valence-electron chi connectivity index (χ4n) is 2.65. The first kappa shape index (κ1) is 20.9. The number of benzene rings is 2. The summed E-state index contributed by atoms with van der Waals surface area (Å²) in [5.74, 6) is -2.85. The number of carboxylic acids is 2. The molecule has 0 unspecified atom stereocenters. The third kappa shape index (κ3) is 4.41. The van der Waals surface area contributed by atoms with Crippen LogP contribution in [0, 0.1) is 0 Å². The molecule has 0 spiro atoms. The number of aromatic carboxylic acids is 2. The second-order valence-corrected chi connectivity index (χ2v) is 7.15. The lowest BCUT2D eigenvalue weighted by atomic mass is 10.1. The third-order valence-electron chi connectivity index (χ3n) is 4.08. The highest BCUT2D eigenvalue weighted by molar-refractivity contribution is 8.18. The Bertz CT molecular complexity index is 1100. The Morgan fingerprint density at radius 2 is 1.80 bits per heavy atom. The Kier molecular flexibility index (Phi) is 6.03. The Balaban J connectivity index is 1.99. The zero-order valence-corrected chi connectivity index (χ0v) is 16.3. The molecule has 1 aliphatic rings. The first-order valence-electron chi connectivity index (χ1n) is 8.61. The van der Waals surface area contributed by atoms with Gasteiger partial charge in [-0.2, -0.15) is 0 Å². The number of aliphatic imine (C=N–C) groups is 1. The van der Waals surface area contributed by atoms with Gasteiger partial charge in [0.15, 0.2) is 5.17 Å². The van der Waals surface area contributed by atoms with E-state index in [0.717, 1.165) is 17.8 Å². The van der Waals surface area contributed by atoms with Gasteiger partial charge in [-0.05, 0) is 53.7 Å². The van der Waals surface area contributed by atoms with Crippen LogP contribution in [-0.2, 0) is 4.79 Å². The van der Waals surface area contributed by atoms with Crippen LogP contribution in [-0.4, -0.2) is 49.8 Å². The van der Waals surface area contributed by atoms with Gasteiger partial charge in [-0.3, -0.25) is 9.69 Å². The molecule has 0 radical (unpaired) electrons. The van der Waals surface area contributed by atoms with Crippen LogP contribution >= 0.6 is 11.8 Å². The highest BCUT2D eigenvalue weighted by Gasteiger charge is 2.33. The average molecular weight is 424 g/mol. The molecule has 30 heavy (non-hydrogen) atoms. The molecule has 8 nitrogen and oxygen atoms in total. The molecular weight excluding hydrogens is 408 g/mol. The number of aromatic hydroxyl groups is 1. The second kappa shape index (κ2) is 8.66. The number of phenolic OH excluding ortho intramolecular Hbond substituents is 1. The van der Waals surface area contributed by atoms with Crippen molar-refractivity contribution in [2.24, 2.45) is 4.99 Å². The van der Waals surface area contributed by atoms with Gasteiger partial charge < -0.3 is 15.3 Å². The number of thioether (sulfide) groups is 1. The third-order valence-corrected chi connectivity index (χ3v) is 5.09. The highest BCUT2D eigenvalue weighted by Crippen LogP contribution is 2.35. The average Bonchev–Trinajstić information content (AvgIpc) is 2.98. The lowest BCUT2D eigenvalue weighted by Crippen LogP contribution is -2.29. The molecule has 1 heterocycles. The molecule has 9 heteroatoms. The topological polar surface area (TPSA) is 128 Å². The smallest absolute Gasteiger partial charge is 0.338 e. The summed E-state index contributed by atoms with van der Waals surface area (Å²) in [7, 11) is 0. The molecule has 0 bridgehead atoms. The fourth-order valence-corrected chi connectivity index (χ4v) is 3.65. The molecule has 1 saturated heterocycles. The summed E-state index contributed by atoms with van der Waals surface area (Å²) in [5.41, 5.74) is 0.658. The van der Waals surface area contributed by atoms with E-state index in [0.29, 0.717) is 10.5 Å². The minimum absolute atomic E-state index is 0.0942. The van der Waals surface area contributed by atoms with E-state index in [4.69, 9.17) is 5.11 Å². The molecule has 0 saturated carbocycles. The van der Waals surface area contributed by atoms with E-state index in [1.807, 2.05) is 0 Å². The van der Waals surface area contributed by atoms with Crippen LogP contribution in [0.1, 0.15) is 26.3 Å². The zero-order valence-electron chi connectivity index (χ0n) is 15.5. The SMILES string of the molecule is C=CCN1C(=O)/C(=C/c2ccc(C(=O)O)cc2)SC1=Nc1ccc(O)cc1C(=O)O. The van der Waals surface area contributed by atoms with Crippen molar-refractivity contribution < 1.29 is 29.7 Å². The number of carbonyl (C=O) groups excluding carboxylic acids is 1.